The van der Waals surface area contributed by atoms with Crippen molar-refractivity contribution < 1.29 is 4.79 Å². The Balaban J connectivity index is 1.62. The lowest BCUT2D eigenvalue weighted by Gasteiger charge is -2.14. The highest BCUT2D eigenvalue weighted by atomic mass is 16.2. The highest BCUT2D eigenvalue weighted by molar-refractivity contribution is 5.92. The lowest BCUT2D eigenvalue weighted by Crippen LogP contribution is -2.21. The third kappa shape index (κ3) is 2.16. The van der Waals surface area contributed by atoms with E-state index in [-0.39, 0.29) is 17.2 Å². The second kappa shape index (κ2) is 3.84. The number of carbonyl (C=O) groups is 1. The molecular weight excluding hydrogens is 226 g/mol. The number of hydrogen-bond donors (Lipinski definition) is 2. The van der Waals surface area contributed by atoms with Crippen molar-refractivity contribution in [1.29, 1.82) is 0 Å². The molecule has 2 N–H and O–H groups in total. The third-order valence-electron chi connectivity index (χ3n) is 4.25. The molecule has 2 fully saturated rings. The molecule has 1 aromatic heterocycles. The standard InChI is InChI=1S/C14H21N3O/c1-14(2,3)11-7-12(17-16-11)15-13(18)10-5-8-4-9(8)6-10/h7-10H,4-6H2,1-3H3,(H2,15,16,17,18). The third-order valence-corrected chi connectivity index (χ3v) is 4.25. The number of aromatic nitrogens is 2. The molecule has 4 heteroatoms. The van der Waals surface area contributed by atoms with Crippen molar-refractivity contribution in [3.05, 3.63) is 11.8 Å². The van der Waals surface area contributed by atoms with Crippen molar-refractivity contribution >= 4 is 11.7 Å². The molecule has 98 valence electrons. The van der Waals surface area contributed by atoms with Crippen LogP contribution in [0.1, 0.15) is 45.7 Å². The quantitative estimate of drug-likeness (QED) is 0.844. The van der Waals surface area contributed by atoms with E-state index in [0.717, 1.165) is 30.4 Å². The fourth-order valence-corrected chi connectivity index (χ4v) is 2.93. The molecule has 4 nitrogen and oxygen atoms in total. The van der Waals surface area contributed by atoms with Crippen LogP contribution in [0.15, 0.2) is 6.07 Å². The Hall–Kier alpha value is -1.32. The molecule has 0 spiro atoms. The molecule has 1 aromatic rings. The first-order valence-corrected chi connectivity index (χ1v) is 6.80. The van der Waals surface area contributed by atoms with Gasteiger partial charge in [0.15, 0.2) is 5.82 Å². The summed E-state index contributed by atoms with van der Waals surface area (Å²) in [5, 5.41) is 10.1. The van der Waals surface area contributed by atoms with Gasteiger partial charge in [0, 0.05) is 23.1 Å². The fourth-order valence-electron chi connectivity index (χ4n) is 2.93. The van der Waals surface area contributed by atoms with Gasteiger partial charge >= 0.3 is 0 Å². The van der Waals surface area contributed by atoms with Crippen LogP contribution in [0.2, 0.25) is 0 Å². The van der Waals surface area contributed by atoms with Gasteiger partial charge in [-0.1, -0.05) is 20.8 Å². The van der Waals surface area contributed by atoms with Gasteiger partial charge in [0.1, 0.15) is 0 Å². The van der Waals surface area contributed by atoms with E-state index in [2.05, 4.69) is 36.3 Å². The number of nitrogens with zero attached hydrogens (tertiary/aromatic N) is 1. The zero-order valence-corrected chi connectivity index (χ0v) is 11.3. The minimum Gasteiger partial charge on any atom is -0.309 e. The van der Waals surface area contributed by atoms with E-state index in [4.69, 9.17) is 0 Å². The van der Waals surface area contributed by atoms with Crippen LogP contribution in [0.3, 0.4) is 0 Å². The lowest BCUT2D eigenvalue weighted by molar-refractivity contribution is -0.120. The second-order valence-electron chi connectivity index (χ2n) is 6.83. The van der Waals surface area contributed by atoms with Gasteiger partial charge in [0.05, 0.1) is 0 Å². The number of rotatable bonds is 2. The van der Waals surface area contributed by atoms with Crippen LogP contribution in [0.4, 0.5) is 5.82 Å². The number of carbonyl (C=O) groups excluding carboxylic acids is 1. The Labute approximate surface area is 108 Å². The average Bonchev–Trinajstić information content (AvgIpc) is 2.75. The number of anilines is 1. The van der Waals surface area contributed by atoms with Crippen LogP contribution in [0, 0.1) is 17.8 Å². The number of H-pyrrole nitrogens is 1. The van der Waals surface area contributed by atoms with Crippen molar-refractivity contribution in [2.75, 3.05) is 5.32 Å². The molecular formula is C14H21N3O. The van der Waals surface area contributed by atoms with Crippen LogP contribution in [0.25, 0.3) is 0 Å². The van der Waals surface area contributed by atoms with Gasteiger partial charge in [-0.25, -0.2) is 0 Å². The molecule has 0 aliphatic heterocycles. The number of amides is 1. The Morgan fingerprint density at radius 2 is 2.00 bits per heavy atom. The Morgan fingerprint density at radius 3 is 2.56 bits per heavy atom. The van der Waals surface area contributed by atoms with E-state index in [9.17, 15) is 4.79 Å². The molecule has 18 heavy (non-hydrogen) atoms. The number of hydrogen-bond acceptors (Lipinski definition) is 2. The minimum absolute atomic E-state index is 0.0327. The van der Waals surface area contributed by atoms with Crippen molar-refractivity contribution in [1.82, 2.24) is 10.2 Å². The Bertz CT molecular complexity index is 462. The topological polar surface area (TPSA) is 57.8 Å². The summed E-state index contributed by atoms with van der Waals surface area (Å²) in [5.74, 6) is 2.69. The molecule has 2 atom stereocenters. The van der Waals surface area contributed by atoms with E-state index in [1.807, 2.05) is 6.07 Å². The number of aromatic amines is 1. The summed E-state index contributed by atoms with van der Waals surface area (Å²) in [6, 6.07) is 1.94. The number of nitrogens with one attached hydrogen (secondary N) is 2. The Morgan fingerprint density at radius 1 is 1.33 bits per heavy atom. The molecule has 0 aromatic carbocycles. The second-order valence-corrected chi connectivity index (χ2v) is 6.83. The van der Waals surface area contributed by atoms with E-state index < -0.39 is 0 Å². The molecule has 0 saturated heterocycles. The Kier molecular flexibility index (Phi) is 2.50. The highest BCUT2D eigenvalue weighted by Gasteiger charge is 2.48. The maximum Gasteiger partial charge on any atom is 0.228 e. The summed E-state index contributed by atoms with van der Waals surface area (Å²) in [6.07, 6.45) is 3.50. The zero-order valence-electron chi connectivity index (χ0n) is 11.3. The number of fused-ring (bicyclic) bond motifs is 1. The van der Waals surface area contributed by atoms with Crippen LogP contribution >= 0.6 is 0 Å². The van der Waals surface area contributed by atoms with Crippen LogP contribution in [0.5, 0.6) is 0 Å². The van der Waals surface area contributed by atoms with E-state index in [1.54, 1.807) is 0 Å². The molecule has 1 heterocycles. The van der Waals surface area contributed by atoms with Crippen molar-refractivity contribution in [3.63, 3.8) is 0 Å². The van der Waals surface area contributed by atoms with Crippen molar-refractivity contribution in [3.8, 4) is 0 Å². The maximum absolute atomic E-state index is 12.1. The molecule has 2 unspecified atom stereocenters. The van der Waals surface area contributed by atoms with Gasteiger partial charge in [0.25, 0.3) is 0 Å². The van der Waals surface area contributed by atoms with Gasteiger partial charge in [-0.05, 0) is 31.1 Å². The van der Waals surface area contributed by atoms with Gasteiger partial charge < -0.3 is 5.32 Å². The van der Waals surface area contributed by atoms with Crippen LogP contribution < -0.4 is 5.32 Å². The van der Waals surface area contributed by atoms with Gasteiger partial charge in [-0.2, -0.15) is 5.10 Å². The van der Waals surface area contributed by atoms with E-state index >= 15 is 0 Å². The molecule has 2 saturated carbocycles. The van der Waals surface area contributed by atoms with E-state index in [1.165, 1.54) is 6.42 Å². The first-order chi connectivity index (χ1) is 8.43. The minimum atomic E-state index is 0.0327. The highest BCUT2D eigenvalue weighted by Crippen LogP contribution is 2.54. The van der Waals surface area contributed by atoms with Crippen LogP contribution in [-0.4, -0.2) is 16.1 Å². The van der Waals surface area contributed by atoms with Gasteiger partial charge in [-0.3, -0.25) is 9.89 Å². The molecule has 1 amide bonds. The van der Waals surface area contributed by atoms with Gasteiger partial charge in [-0.15, -0.1) is 0 Å². The summed E-state index contributed by atoms with van der Waals surface area (Å²) >= 11 is 0. The normalized spacial score (nSPS) is 30.1. The summed E-state index contributed by atoms with van der Waals surface area (Å²) in [7, 11) is 0. The molecule has 2 aliphatic carbocycles. The molecule has 3 rings (SSSR count). The van der Waals surface area contributed by atoms with Crippen molar-refractivity contribution in [2.24, 2.45) is 17.8 Å². The summed E-state index contributed by atoms with van der Waals surface area (Å²) in [4.78, 5) is 12.1. The molecule has 0 radical (unpaired) electrons. The maximum atomic E-state index is 12.1. The SMILES string of the molecule is CC(C)(C)c1cc(NC(=O)C2CC3CC3C2)n[nH]1. The summed E-state index contributed by atoms with van der Waals surface area (Å²) in [6.45, 7) is 6.36. The molecule has 2 aliphatic rings. The fraction of sp³-hybridized carbons (Fsp3) is 0.714. The predicted molar refractivity (Wildman–Crippen MR) is 70.2 cm³/mol. The summed E-state index contributed by atoms with van der Waals surface area (Å²) in [5.41, 5.74) is 1.08. The van der Waals surface area contributed by atoms with E-state index in [0.29, 0.717) is 5.82 Å². The predicted octanol–water partition coefficient (Wildman–Crippen LogP) is 2.69. The van der Waals surface area contributed by atoms with Crippen molar-refractivity contribution in [2.45, 2.75) is 45.4 Å². The monoisotopic (exact) mass is 247 g/mol. The smallest absolute Gasteiger partial charge is 0.228 e. The van der Waals surface area contributed by atoms with Crippen LogP contribution in [-0.2, 0) is 10.2 Å². The zero-order chi connectivity index (χ0) is 12.9. The first-order valence-electron chi connectivity index (χ1n) is 6.80. The lowest BCUT2D eigenvalue weighted by atomic mass is 9.92. The summed E-state index contributed by atoms with van der Waals surface area (Å²) < 4.78 is 0. The van der Waals surface area contributed by atoms with Gasteiger partial charge in [0.2, 0.25) is 5.91 Å². The molecule has 0 bridgehead atoms. The average molecular weight is 247 g/mol. The largest absolute Gasteiger partial charge is 0.309 e. The first kappa shape index (κ1) is 11.8.